The van der Waals surface area contributed by atoms with E-state index in [-0.39, 0.29) is 0 Å². The van der Waals surface area contributed by atoms with Gasteiger partial charge in [-0.25, -0.2) is 4.98 Å². The Kier molecular flexibility index (Phi) is 3.37. The van der Waals surface area contributed by atoms with E-state index in [2.05, 4.69) is 37.4 Å². The third-order valence-electron chi connectivity index (χ3n) is 4.60. The number of nitriles is 1. The molecule has 0 atom stereocenters. The molecule has 0 saturated heterocycles. The maximum atomic E-state index is 9.69. The number of nitrogens with one attached hydrogen (secondary N) is 3. The number of aromatic nitrogens is 4. The smallest absolute Gasteiger partial charge is 0.131 e. The Labute approximate surface area is 154 Å². The molecule has 128 valence electrons. The molecule has 0 aliphatic rings. The van der Waals surface area contributed by atoms with E-state index in [1.807, 2.05) is 48.9 Å². The molecular formula is C21H14N6. The van der Waals surface area contributed by atoms with Gasteiger partial charge in [0, 0.05) is 52.2 Å². The largest absolute Gasteiger partial charge is 0.366 e. The Morgan fingerprint density at radius 2 is 1.93 bits per heavy atom. The number of hydrogen-bond acceptors (Lipinski definition) is 4. The number of para-hydroxylation sites is 1. The summed E-state index contributed by atoms with van der Waals surface area (Å²) < 4.78 is 0. The van der Waals surface area contributed by atoms with E-state index in [1.54, 1.807) is 12.4 Å². The molecule has 0 amide bonds. The molecule has 0 spiro atoms. The van der Waals surface area contributed by atoms with Crippen molar-refractivity contribution in [3.63, 3.8) is 0 Å². The first-order chi connectivity index (χ1) is 13.3. The molecule has 0 saturated carbocycles. The predicted octanol–water partition coefficient (Wildman–Crippen LogP) is 4.72. The first-order valence-corrected chi connectivity index (χ1v) is 8.48. The summed E-state index contributed by atoms with van der Waals surface area (Å²) in [5.74, 6) is 0.695. The van der Waals surface area contributed by atoms with Gasteiger partial charge in [0.05, 0.1) is 23.0 Å². The number of hydrogen-bond donors (Lipinski definition) is 3. The maximum absolute atomic E-state index is 9.69. The summed E-state index contributed by atoms with van der Waals surface area (Å²) >= 11 is 0. The minimum atomic E-state index is 0.533. The summed E-state index contributed by atoms with van der Waals surface area (Å²) in [4.78, 5) is 15.2. The monoisotopic (exact) mass is 350 g/mol. The molecule has 1 aromatic carbocycles. The van der Waals surface area contributed by atoms with Crippen LogP contribution in [0.1, 0.15) is 5.56 Å². The topological polar surface area (TPSA) is 93.2 Å². The Balaban J connectivity index is 1.77. The van der Waals surface area contributed by atoms with Crippen LogP contribution in [0.25, 0.3) is 32.9 Å². The third-order valence-corrected chi connectivity index (χ3v) is 4.60. The van der Waals surface area contributed by atoms with Crippen LogP contribution in [0.2, 0.25) is 0 Å². The lowest BCUT2D eigenvalue weighted by molar-refractivity contribution is 1.29. The highest BCUT2D eigenvalue weighted by atomic mass is 15.0. The van der Waals surface area contributed by atoms with Crippen LogP contribution in [0.5, 0.6) is 0 Å². The van der Waals surface area contributed by atoms with Crippen molar-refractivity contribution in [3.8, 4) is 17.2 Å². The molecule has 0 unspecified atom stereocenters. The van der Waals surface area contributed by atoms with Gasteiger partial charge >= 0.3 is 0 Å². The fourth-order valence-electron chi connectivity index (χ4n) is 3.37. The summed E-state index contributed by atoms with van der Waals surface area (Å²) in [6.07, 6.45) is 8.98. The van der Waals surface area contributed by atoms with Gasteiger partial charge in [0.15, 0.2) is 0 Å². The minimum Gasteiger partial charge on any atom is -0.366 e. The van der Waals surface area contributed by atoms with Gasteiger partial charge < -0.3 is 15.3 Å². The first-order valence-electron chi connectivity index (χ1n) is 8.48. The number of anilines is 2. The SMILES string of the molecule is N#Cc1cnc2cnc(Nc3cc[nH]c3)cc2c1-c1c[nH]c2ccccc12. The summed E-state index contributed by atoms with van der Waals surface area (Å²) in [5.41, 5.74) is 5.06. The van der Waals surface area contributed by atoms with E-state index in [0.29, 0.717) is 11.4 Å². The van der Waals surface area contributed by atoms with Gasteiger partial charge in [0.1, 0.15) is 11.9 Å². The lowest BCUT2D eigenvalue weighted by atomic mass is 9.97. The van der Waals surface area contributed by atoms with Crippen LogP contribution in [0.4, 0.5) is 11.5 Å². The highest BCUT2D eigenvalue weighted by molar-refractivity contribution is 6.06. The molecule has 3 N–H and O–H groups in total. The van der Waals surface area contributed by atoms with E-state index in [4.69, 9.17) is 0 Å². The Bertz CT molecular complexity index is 1310. The summed E-state index contributed by atoms with van der Waals surface area (Å²) in [7, 11) is 0. The lowest BCUT2D eigenvalue weighted by Gasteiger charge is -2.10. The van der Waals surface area contributed by atoms with Crippen LogP contribution in [-0.4, -0.2) is 19.9 Å². The second-order valence-corrected chi connectivity index (χ2v) is 6.22. The first kappa shape index (κ1) is 15.2. The average Bonchev–Trinajstić information content (AvgIpc) is 3.37. The summed E-state index contributed by atoms with van der Waals surface area (Å²) in [5, 5.41) is 14.9. The van der Waals surface area contributed by atoms with Gasteiger partial charge in [0.2, 0.25) is 0 Å². The van der Waals surface area contributed by atoms with Crippen molar-refractivity contribution in [2.45, 2.75) is 0 Å². The summed E-state index contributed by atoms with van der Waals surface area (Å²) in [6, 6.07) is 14.2. The second kappa shape index (κ2) is 6.00. The standard InChI is InChI=1S/C21H14N6/c22-8-13-9-24-19-12-26-20(27-14-5-6-23-10-14)7-16(19)21(13)17-11-25-18-4-2-1-3-15(17)18/h1-7,9-12,23,25H,(H,26,27). The molecule has 0 bridgehead atoms. The molecule has 0 fully saturated rings. The molecule has 6 nitrogen and oxygen atoms in total. The molecular weight excluding hydrogens is 336 g/mol. The normalized spacial score (nSPS) is 10.9. The Hall–Kier alpha value is -4.11. The third kappa shape index (κ3) is 2.50. The molecule has 4 heterocycles. The van der Waals surface area contributed by atoms with E-state index in [0.717, 1.165) is 38.6 Å². The second-order valence-electron chi connectivity index (χ2n) is 6.22. The molecule has 6 heteroatoms. The van der Waals surface area contributed by atoms with Crippen molar-refractivity contribution in [2.24, 2.45) is 0 Å². The van der Waals surface area contributed by atoms with Crippen LogP contribution in [0, 0.1) is 11.3 Å². The molecule has 0 aliphatic heterocycles. The number of aromatic amines is 2. The predicted molar refractivity (Wildman–Crippen MR) is 106 cm³/mol. The average molecular weight is 350 g/mol. The Morgan fingerprint density at radius 1 is 1.00 bits per heavy atom. The fraction of sp³-hybridized carbons (Fsp3) is 0. The highest BCUT2D eigenvalue weighted by Gasteiger charge is 2.16. The fourth-order valence-corrected chi connectivity index (χ4v) is 3.37. The van der Waals surface area contributed by atoms with Gasteiger partial charge in [0.25, 0.3) is 0 Å². The van der Waals surface area contributed by atoms with E-state index in [9.17, 15) is 5.26 Å². The van der Waals surface area contributed by atoms with Crippen LogP contribution < -0.4 is 5.32 Å². The van der Waals surface area contributed by atoms with Crippen LogP contribution in [-0.2, 0) is 0 Å². The van der Waals surface area contributed by atoms with Crippen molar-refractivity contribution in [1.82, 2.24) is 19.9 Å². The number of pyridine rings is 2. The van der Waals surface area contributed by atoms with Crippen molar-refractivity contribution >= 4 is 33.3 Å². The number of fused-ring (bicyclic) bond motifs is 2. The quantitative estimate of drug-likeness (QED) is 0.439. The maximum Gasteiger partial charge on any atom is 0.131 e. The van der Waals surface area contributed by atoms with E-state index < -0.39 is 0 Å². The zero-order valence-corrected chi connectivity index (χ0v) is 14.2. The van der Waals surface area contributed by atoms with Crippen LogP contribution >= 0.6 is 0 Å². The zero-order valence-electron chi connectivity index (χ0n) is 14.2. The number of H-pyrrole nitrogens is 2. The molecule has 0 radical (unpaired) electrons. The summed E-state index contributed by atoms with van der Waals surface area (Å²) in [6.45, 7) is 0. The molecule has 4 aromatic heterocycles. The van der Waals surface area contributed by atoms with Gasteiger partial charge in [-0.15, -0.1) is 0 Å². The van der Waals surface area contributed by atoms with Crippen molar-refractivity contribution in [2.75, 3.05) is 5.32 Å². The molecule has 0 aliphatic carbocycles. The minimum absolute atomic E-state index is 0.533. The van der Waals surface area contributed by atoms with E-state index in [1.165, 1.54) is 0 Å². The number of rotatable bonds is 3. The van der Waals surface area contributed by atoms with Crippen molar-refractivity contribution < 1.29 is 0 Å². The van der Waals surface area contributed by atoms with Gasteiger partial charge in [-0.2, -0.15) is 5.26 Å². The molecule has 5 aromatic rings. The highest BCUT2D eigenvalue weighted by Crippen LogP contribution is 2.36. The molecule has 5 rings (SSSR count). The number of nitrogens with zero attached hydrogens (tertiary/aromatic N) is 3. The van der Waals surface area contributed by atoms with Gasteiger partial charge in [-0.3, -0.25) is 4.98 Å². The zero-order chi connectivity index (χ0) is 18.2. The Morgan fingerprint density at radius 3 is 2.78 bits per heavy atom. The van der Waals surface area contributed by atoms with Crippen molar-refractivity contribution in [1.29, 1.82) is 5.26 Å². The molecule has 27 heavy (non-hydrogen) atoms. The number of benzene rings is 1. The van der Waals surface area contributed by atoms with E-state index >= 15 is 0 Å². The van der Waals surface area contributed by atoms with Gasteiger partial charge in [-0.05, 0) is 18.2 Å². The van der Waals surface area contributed by atoms with Crippen molar-refractivity contribution in [3.05, 3.63) is 72.9 Å². The van der Waals surface area contributed by atoms with Crippen LogP contribution in [0.15, 0.2) is 67.4 Å². The van der Waals surface area contributed by atoms with Gasteiger partial charge in [-0.1, -0.05) is 18.2 Å². The van der Waals surface area contributed by atoms with Crippen LogP contribution in [0.3, 0.4) is 0 Å². The lowest BCUT2D eigenvalue weighted by Crippen LogP contribution is -1.95.